The first-order chi connectivity index (χ1) is 12.3. The average molecular weight is 378 g/mol. The molecule has 0 amide bonds. The molecule has 26 heavy (non-hydrogen) atoms. The molecule has 2 rings (SSSR count). The summed E-state index contributed by atoms with van der Waals surface area (Å²) in [6, 6.07) is 10.8. The molecule has 138 valence electrons. The van der Waals surface area contributed by atoms with Crippen LogP contribution in [0.3, 0.4) is 0 Å². The number of ether oxygens (including phenoxy) is 1. The quantitative estimate of drug-likeness (QED) is 0.416. The highest BCUT2D eigenvalue weighted by Gasteiger charge is 2.27. The Morgan fingerprint density at radius 3 is 2.27 bits per heavy atom. The Kier molecular flexibility index (Phi) is 5.93. The Balaban J connectivity index is 2.50. The molecular weight excluding hydrogens is 360 g/mol. The van der Waals surface area contributed by atoms with Gasteiger partial charge in [0, 0.05) is 18.7 Å². The van der Waals surface area contributed by atoms with E-state index in [1.54, 1.807) is 26.0 Å². The number of hydrogen-bond donors (Lipinski definition) is 0. The summed E-state index contributed by atoms with van der Waals surface area (Å²) in [6.45, 7) is 3.51. The fraction of sp³-hybridized carbons (Fsp3) is 0.235. The van der Waals surface area contributed by atoms with E-state index in [-0.39, 0.29) is 35.0 Å². The third-order valence-corrected chi connectivity index (χ3v) is 5.49. The number of anilines is 1. The smallest absolute Gasteiger partial charge is 0.340 e. The standard InChI is InChI=1S/C17H18N2O6S/c1-3-18(16-8-6-5-7-15(16)17(20)25-4-2)26(23,24)14-11-9-13(10-12-14)19(21)22/h5-12H,3-4H2,1-2H3. The van der Waals surface area contributed by atoms with Crippen LogP contribution in [0.1, 0.15) is 24.2 Å². The van der Waals surface area contributed by atoms with Crippen LogP contribution in [-0.4, -0.2) is 32.5 Å². The summed E-state index contributed by atoms with van der Waals surface area (Å²) in [5.74, 6) is -0.625. The van der Waals surface area contributed by atoms with Gasteiger partial charge in [-0.1, -0.05) is 12.1 Å². The van der Waals surface area contributed by atoms with Crippen LogP contribution < -0.4 is 4.31 Å². The van der Waals surface area contributed by atoms with Crippen LogP contribution in [0.2, 0.25) is 0 Å². The van der Waals surface area contributed by atoms with Crippen LogP contribution in [0.15, 0.2) is 53.4 Å². The average Bonchev–Trinajstić information content (AvgIpc) is 2.62. The van der Waals surface area contributed by atoms with Crippen LogP contribution in [0.25, 0.3) is 0 Å². The van der Waals surface area contributed by atoms with E-state index in [1.807, 2.05) is 0 Å². The van der Waals surface area contributed by atoms with Crippen molar-refractivity contribution >= 4 is 27.4 Å². The van der Waals surface area contributed by atoms with Gasteiger partial charge in [0.1, 0.15) is 0 Å². The predicted octanol–water partition coefficient (Wildman–Crippen LogP) is 2.99. The Morgan fingerprint density at radius 2 is 1.73 bits per heavy atom. The van der Waals surface area contributed by atoms with Gasteiger partial charge in [-0.15, -0.1) is 0 Å². The molecule has 9 heteroatoms. The second-order valence-corrected chi connectivity index (χ2v) is 7.02. The maximum absolute atomic E-state index is 13.0. The highest BCUT2D eigenvalue weighted by molar-refractivity contribution is 7.92. The van der Waals surface area contributed by atoms with E-state index in [1.165, 1.54) is 24.3 Å². The van der Waals surface area contributed by atoms with E-state index in [0.717, 1.165) is 16.4 Å². The van der Waals surface area contributed by atoms with E-state index in [9.17, 15) is 23.3 Å². The summed E-state index contributed by atoms with van der Waals surface area (Å²) < 4.78 is 32.0. The molecular formula is C17H18N2O6S. The molecule has 0 aliphatic rings. The molecule has 2 aromatic carbocycles. The predicted molar refractivity (Wildman–Crippen MR) is 95.7 cm³/mol. The minimum Gasteiger partial charge on any atom is -0.462 e. The Bertz CT molecular complexity index is 909. The highest BCUT2D eigenvalue weighted by Crippen LogP contribution is 2.28. The molecule has 0 bridgehead atoms. The second kappa shape index (κ2) is 7.96. The number of para-hydroxylation sites is 1. The van der Waals surface area contributed by atoms with Crippen molar-refractivity contribution in [1.29, 1.82) is 0 Å². The number of sulfonamides is 1. The van der Waals surface area contributed by atoms with E-state index in [0.29, 0.717) is 0 Å². The lowest BCUT2D eigenvalue weighted by Crippen LogP contribution is -2.32. The number of nitro groups is 1. The zero-order chi connectivity index (χ0) is 19.3. The monoisotopic (exact) mass is 378 g/mol. The summed E-state index contributed by atoms with van der Waals surface area (Å²) in [6.07, 6.45) is 0. The van der Waals surface area contributed by atoms with Crippen molar-refractivity contribution in [2.75, 3.05) is 17.5 Å². The first kappa shape index (κ1) is 19.4. The van der Waals surface area contributed by atoms with Gasteiger partial charge in [-0.3, -0.25) is 14.4 Å². The molecule has 0 heterocycles. The summed E-state index contributed by atoms with van der Waals surface area (Å²) in [5.41, 5.74) is 0.104. The van der Waals surface area contributed by atoms with Crippen LogP contribution >= 0.6 is 0 Å². The third kappa shape index (κ3) is 3.83. The summed E-state index contributed by atoms with van der Waals surface area (Å²) >= 11 is 0. The van der Waals surface area contributed by atoms with E-state index in [4.69, 9.17) is 4.74 Å². The molecule has 2 aromatic rings. The minimum atomic E-state index is -4.01. The van der Waals surface area contributed by atoms with Crippen molar-refractivity contribution in [3.63, 3.8) is 0 Å². The summed E-state index contributed by atoms with van der Waals surface area (Å²) in [4.78, 5) is 22.2. The normalized spacial score (nSPS) is 11.0. The number of non-ortho nitro benzene ring substituents is 1. The molecule has 0 spiro atoms. The van der Waals surface area contributed by atoms with Crippen LogP contribution in [-0.2, 0) is 14.8 Å². The van der Waals surface area contributed by atoms with E-state index < -0.39 is 20.9 Å². The van der Waals surface area contributed by atoms with Gasteiger partial charge >= 0.3 is 5.97 Å². The van der Waals surface area contributed by atoms with E-state index in [2.05, 4.69) is 0 Å². The fourth-order valence-electron chi connectivity index (χ4n) is 2.41. The Hall–Kier alpha value is -2.94. The fourth-order valence-corrected chi connectivity index (χ4v) is 3.90. The largest absolute Gasteiger partial charge is 0.462 e. The van der Waals surface area contributed by atoms with Crippen molar-refractivity contribution < 1.29 is 22.9 Å². The molecule has 8 nitrogen and oxygen atoms in total. The van der Waals surface area contributed by atoms with Gasteiger partial charge in [0.2, 0.25) is 0 Å². The maximum Gasteiger partial charge on any atom is 0.340 e. The molecule has 0 aromatic heterocycles. The van der Waals surface area contributed by atoms with Crippen molar-refractivity contribution in [2.45, 2.75) is 18.7 Å². The van der Waals surface area contributed by atoms with Gasteiger partial charge < -0.3 is 4.74 Å². The Labute approximate surface area is 151 Å². The van der Waals surface area contributed by atoms with Crippen molar-refractivity contribution in [2.24, 2.45) is 0 Å². The van der Waals surface area contributed by atoms with Crippen LogP contribution in [0.5, 0.6) is 0 Å². The van der Waals surface area contributed by atoms with E-state index >= 15 is 0 Å². The zero-order valence-corrected chi connectivity index (χ0v) is 15.1. The van der Waals surface area contributed by atoms with Crippen molar-refractivity contribution in [3.05, 3.63) is 64.2 Å². The number of nitrogens with zero attached hydrogens (tertiary/aromatic N) is 2. The first-order valence-electron chi connectivity index (χ1n) is 7.86. The zero-order valence-electron chi connectivity index (χ0n) is 14.3. The molecule has 0 aliphatic carbocycles. The molecule has 0 N–H and O–H groups in total. The molecule has 0 fully saturated rings. The Morgan fingerprint density at radius 1 is 1.12 bits per heavy atom. The SMILES string of the molecule is CCOC(=O)c1ccccc1N(CC)S(=O)(=O)c1ccc([N+](=O)[O-])cc1. The van der Waals surface area contributed by atoms with Gasteiger partial charge in [0.15, 0.2) is 0 Å². The summed E-state index contributed by atoms with van der Waals surface area (Å²) in [5, 5.41) is 10.7. The molecule has 0 aliphatic heterocycles. The van der Waals surface area contributed by atoms with Crippen molar-refractivity contribution in [3.8, 4) is 0 Å². The van der Waals surface area contributed by atoms with Gasteiger partial charge in [-0.05, 0) is 38.1 Å². The number of hydrogen-bond acceptors (Lipinski definition) is 6. The highest BCUT2D eigenvalue weighted by atomic mass is 32.2. The number of nitro benzene ring substituents is 1. The lowest BCUT2D eigenvalue weighted by molar-refractivity contribution is -0.384. The second-order valence-electron chi connectivity index (χ2n) is 5.16. The molecule has 0 radical (unpaired) electrons. The molecule has 0 saturated heterocycles. The summed E-state index contributed by atoms with van der Waals surface area (Å²) in [7, 11) is -4.01. The molecule has 0 saturated carbocycles. The van der Waals surface area contributed by atoms with Gasteiger partial charge in [-0.25, -0.2) is 13.2 Å². The number of carbonyl (C=O) groups is 1. The maximum atomic E-state index is 13.0. The molecule has 0 atom stereocenters. The van der Waals surface area contributed by atoms with Crippen LogP contribution in [0, 0.1) is 10.1 Å². The van der Waals surface area contributed by atoms with Gasteiger partial charge in [0.05, 0.1) is 27.7 Å². The number of benzene rings is 2. The lowest BCUT2D eigenvalue weighted by atomic mass is 10.2. The number of esters is 1. The minimum absolute atomic E-state index is 0.0652. The topological polar surface area (TPSA) is 107 Å². The lowest BCUT2D eigenvalue weighted by Gasteiger charge is -2.24. The van der Waals surface area contributed by atoms with Crippen LogP contribution in [0.4, 0.5) is 11.4 Å². The number of carbonyl (C=O) groups excluding carboxylic acids is 1. The first-order valence-corrected chi connectivity index (χ1v) is 9.30. The number of rotatable bonds is 7. The molecule has 0 unspecified atom stereocenters. The third-order valence-electron chi connectivity index (χ3n) is 3.59. The van der Waals surface area contributed by atoms with Crippen molar-refractivity contribution in [1.82, 2.24) is 0 Å². The van der Waals surface area contributed by atoms with Gasteiger partial charge in [-0.2, -0.15) is 0 Å². The van der Waals surface area contributed by atoms with Gasteiger partial charge in [0.25, 0.3) is 15.7 Å².